The molecular weight excluding hydrogens is 412 g/mol. The molecule has 8 heteroatoms. The van der Waals surface area contributed by atoms with Crippen LogP contribution in [-0.2, 0) is 16.1 Å². The van der Waals surface area contributed by atoms with Crippen LogP contribution in [0.15, 0.2) is 34.1 Å². The highest BCUT2D eigenvalue weighted by Gasteiger charge is 2.21. The first-order chi connectivity index (χ1) is 14.3. The zero-order valence-electron chi connectivity index (χ0n) is 19.8. The predicted molar refractivity (Wildman–Crippen MR) is 125 cm³/mol. The van der Waals surface area contributed by atoms with Crippen LogP contribution in [0.2, 0.25) is 0 Å². The second-order valence-corrected chi connectivity index (χ2v) is 10.6. The smallest absolute Gasteiger partial charge is 0.407 e. The standard InChI is InChI=1S/C23H34N4O3S/c1-15-19(16(2)27(26-15)14-13-24-21(29)30-23(6,7)8)31-18-11-9-17(10-12-18)25-20(28)22(3,4)5/h9-12H,13-14H2,1-8H3,(H,24,29)(H,25,28). The summed E-state index contributed by atoms with van der Waals surface area (Å²) in [5, 5.41) is 10.3. The number of amides is 2. The van der Waals surface area contributed by atoms with E-state index in [9.17, 15) is 9.59 Å². The van der Waals surface area contributed by atoms with Gasteiger partial charge in [0, 0.05) is 28.2 Å². The number of hydrogen-bond donors (Lipinski definition) is 2. The molecule has 0 aliphatic heterocycles. The Morgan fingerprint density at radius 1 is 1.06 bits per heavy atom. The molecule has 1 heterocycles. The van der Waals surface area contributed by atoms with E-state index in [2.05, 4.69) is 15.7 Å². The first-order valence-electron chi connectivity index (χ1n) is 10.4. The van der Waals surface area contributed by atoms with E-state index in [1.54, 1.807) is 11.8 Å². The van der Waals surface area contributed by atoms with Crippen LogP contribution in [0.1, 0.15) is 52.9 Å². The van der Waals surface area contributed by atoms with Crippen molar-refractivity contribution in [1.82, 2.24) is 15.1 Å². The Bertz CT molecular complexity index is 922. The van der Waals surface area contributed by atoms with Gasteiger partial charge in [-0.1, -0.05) is 32.5 Å². The maximum Gasteiger partial charge on any atom is 0.407 e. The van der Waals surface area contributed by atoms with Gasteiger partial charge in [-0.2, -0.15) is 5.10 Å². The molecule has 31 heavy (non-hydrogen) atoms. The number of carbonyl (C=O) groups is 2. The Morgan fingerprint density at radius 2 is 1.68 bits per heavy atom. The third-order valence-electron chi connectivity index (χ3n) is 4.32. The lowest BCUT2D eigenvalue weighted by Gasteiger charge is -2.19. The summed E-state index contributed by atoms with van der Waals surface area (Å²) in [5.74, 6) is -0.0131. The fourth-order valence-corrected chi connectivity index (χ4v) is 3.62. The molecule has 2 rings (SSSR count). The quantitative estimate of drug-likeness (QED) is 0.640. The number of ether oxygens (including phenoxy) is 1. The largest absolute Gasteiger partial charge is 0.444 e. The van der Waals surface area contributed by atoms with Gasteiger partial charge in [-0.25, -0.2) is 4.79 Å². The minimum Gasteiger partial charge on any atom is -0.444 e. The molecule has 0 unspecified atom stereocenters. The number of hydrogen-bond acceptors (Lipinski definition) is 5. The van der Waals surface area contributed by atoms with Crippen molar-refractivity contribution in [3.8, 4) is 0 Å². The van der Waals surface area contributed by atoms with Crippen molar-refractivity contribution in [3.05, 3.63) is 35.7 Å². The van der Waals surface area contributed by atoms with Gasteiger partial charge < -0.3 is 15.4 Å². The van der Waals surface area contributed by atoms with E-state index in [1.165, 1.54) is 0 Å². The fourth-order valence-electron chi connectivity index (χ4n) is 2.67. The average molecular weight is 447 g/mol. The van der Waals surface area contributed by atoms with Crippen LogP contribution < -0.4 is 10.6 Å². The van der Waals surface area contributed by atoms with Gasteiger partial charge in [0.15, 0.2) is 0 Å². The van der Waals surface area contributed by atoms with Crippen LogP contribution in [0.4, 0.5) is 10.5 Å². The molecule has 170 valence electrons. The molecule has 0 aliphatic carbocycles. The summed E-state index contributed by atoms with van der Waals surface area (Å²) in [7, 11) is 0. The minimum atomic E-state index is -0.517. The summed E-state index contributed by atoms with van der Waals surface area (Å²) < 4.78 is 7.15. The number of rotatable bonds is 6. The van der Waals surface area contributed by atoms with Crippen LogP contribution in [0.5, 0.6) is 0 Å². The SMILES string of the molecule is Cc1nn(CCNC(=O)OC(C)(C)C)c(C)c1Sc1ccc(NC(=O)C(C)(C)C)cc1. The minimum absolute atomic E-state index is 0.0131. The van der Waals surface area contributed by atoms with E-state index < -0.39 is 17.1 Å². The van der Waals surface area contributed by atoms with Crippen molar-refractivity contribution in [1.29, 1.82) is 0 Å². The van der Waals surface area contributed by atoms with E-state index in [0.717, 1.165) is 26.9 Å². The Labute approximate surface area is 189 Å². The molecule has 0 atom stereocenters. The van der Waals surface area contributed by atoms with E-state index in [1.807, 2.05) is 84.3 Å². The molecule has 1 aromatic heterocycles. The highest BCUT2D eigenvalue weighted by molar-refractivity contribution is 7.99. The lowest BCUT2D eigenvalue weighted by molar-refractivity contribution is -0.123. The average Bonchev–Trinajstić information content (AvgIpc) is 2.88. The van der Waals surface area contributed by atoms with Crippen LogP contribution in [0, 0.1) is 19.3 Å². The predicted octanol–water partition coefficient (Wildman–Crippen LogP) is 5.16. The Hall–Kier alpha value is -2.48. The van der Waals surface area contributed by atoms with Gasteiger partial charge in [-0.15, -0.1) is 0 Å². The number of nitrogens with zero attached hydrogens (tertiary/aromatic N) is 2. The van der Waals surface area contributed by atoms with Crippen molar-refractivity contribution < 1.29 is 14.3 Å². The van der Waals surface area contributed by atoms with Gasteiger partial charge in [-0.3, -0.25) is 9.48 Å². The summed E-state index contributed by atoms with van der Waals surface area (Å²) in [6.45, 7) is 16.2. The summed E-state index contributed by atoms with van der Waals surface area (Å²) >= 11 is 1.63. The molecule has 0 saturated heterocycles. The fraction of sp³-hybridized carbons (Fsp3) is 0.522. The van der Waals surface area contributed by atoms with Crippen molar-refractivity contribution in [3.63, 3.8) is 0 Å². The molecule has 0 aliphatic rings. The van der Waals surface area contributed by atoms with Crippen molar-refractivity contribution >= 4 is 29.4 Å². The third kappa shape index (κ3) is 7.61. The maximum absolute atomic E-state index is 12.1. The lowest BCUT2D eigenvalue weighted by atomic mass is 9.95. The van der Waals surface area contributed by atoms with Gasteiger partial charge in [0.1, 0.15) is 5.60 Å². The Kier molecular flexibility index (Phi) is 7.81. The van der Waals surface area contributed by atoms with Crippen LogP contribution in [-0.4, -0.2) is 33.9 Å². The number of anilines is 1. The van der Waals surface area contributed by atoms with E-state index >= 15 is 0 Å². The van der Waals surface area contributed by atoms with Gasteiger partial charge in [0.2, 0.25) is 5.91 Å². The molecule has 7 nitrogen and oxygen atoms in total. The van der Waals surface area contributed by atoms with E-state index in [4.69, 9.17) is 4.74 Å². The number of alkyl carbamates (subject to hydrolysis) is 1. The summed E-state index contributed by atoms with van der Waals surface area (Å²) in [6.07, 6.45) is -0.428. The second-order valence-electron chi connectivity index (χ2n) is 9.48. The topological polar surface area (TPSA) is 85.2 Å². The number of aromatic nitrogens is 2. The summed E-state index contributed by atoms with van der Waals surface area (Å²) in [6, 6.07) is 7.80. The van der Waals surface area contributed by atoms with Crippen LogP contribution in [0.3, 0.4) is 0 Å². The van der Waals surface area contributed by atoms with Crippen LogP contribution in [0.25, 0.3) is 0 Å². The normalized spacial score (nSPS) is 11.9. The van der Waals surface area contributed by atoms with Gasteiger partial charge in [0.25, 0.3) is 0 Å². The first-order valence-corrected chi connectivity index (χ1v) is 11.2. The second kappa shape index (κ2) is 9.77. The van der Waals surface area contributed by atoms with Gasteiger partial charge in [-0.05, 0) is 58.9 Å². The molecule has 0 fully saturated rings. The molecule has 1 aromatic carbocycles. The summed E-state index contributed by atoms with van der Waals surface area (Å²) in [4.78, 5) is 26.1. The van der Waals surface area contributed by atoms with Crippen LogP contribution >= 0.6 is 11.8 Å². The monoisotopic (exact) mass is 446 g/mol. The zero-order chi connectivity index (χ0) is 23.4. The Balaban J connectivity index is 1.98. The molecule has 2 N–H and O–H groups in total. The zero-order valence-corrected chi connectivity index (χ0v) is 20.6. The van der Waals surface area contributed by atoms with Crippen molar-refractivity contribution in [2.75, 3.05) is 11.9 Å². The molecule has 0 saturated carbocycles. The van der Waals surface area contributed by atoms with Gasteiger partial charge in [0.05, 0.1) is 17.1 Å². The first kappa shape index (κ1) is 24.8. The maximum atomic E-state index is 12.1. The van der Waals surface area contributed by atoms with Crippen molar-refractivity contribution in [2.45, 2.75) is 77.3 Å². The lowest BCUT2D eigenvalue weighted by Crippen LogP contribution is -2.34. The molecule has 2 aromatic rings. The Morgan fingerprint density at radius 3 is 2.23 bits per heavy atom. The highest BCUT2D eigenvalue weighted by Crippen LogP contribution is 2.33. The van der Waals surface area contributed by atoms with Crippen molar-refractivity contribution in [2.24, 2.45) is 5.41 Å². The highest BCUT2D eigenvalue weighted by atomic mass is 32.2. The third-order valence-corrected chi connectivity index (χ3v) is 5.62. The molecule has 2 amide bonds. The number of nitrogens with one attached hydrogen (secondary N) is 2. The van der Waals surface area contributed by atoms with E-state index in [-0.39, 0.29) is 5.91 Å². The molecule has 0 bridgehead atoms. The number of aryl methyl sites for hydroxylation is 1. The van der Waals surface area contributed by atoms with Gasteiger partial charge >= 0.3 is 6.09 Å². The number of carbonyl (C=O) groups excluding carboxylic acids is 2. The molecule has 0 radical (unpaired) electrons. The number of benzene rings is 1. The molecular formula is C23H34N4O3S. The summed E-state index contributed by atoms with van der Waals surface area (Å²) in [5.41, 5.74) is 1.80. The molecule has 0 spiro atoms. The van der Waals surface area contributed by atoms with E-state index in [0.29, 0.717) is 13.1 Å².